The molecule has 0 N–H and O–H groups in total. The molecule has 18 heavy (non-hydrogen) atoms. The molecule has 1 atom stereocenters. The van der Waals surface area contributed by atoms with E-state index in [9.17, 15) is 4.79 Å². The van der Waals surface area contributed by atoms with Crippen molar-refractivity contribution in [3.8, 4) is 0 Å². The van der Waals surface area contributed by atoms with Gasteiger partial charge in [0.1, 0.15) is 5.82 Å². The van der Waals surface area contributed by atoms with Gasteiger partial charge in [-0.15, -0.1) is 10.2 Å². The molecule has 0 aliphatic heterocycles. The Morgan fingerprint density at radius 1 is 1.28 bits per heavy atom. The Labute approximate surface area is 109 Å². The van der Waals surface area contributed by atoms with Crippen LogP contribution in [0.1, 0.15) is 63.0 Å². The number of hydrogen-bond donors (Lipinski definition) is 0. The molecular formula is C13H23N3O2. The van der Waals surface area contributed by atoms with E-state index in [-0.39, 0.29) is 6.04 Å². The molecular weight excluding hydrogens is 230 g/mol. The van der Waals surface area contributed by atoms with Gasteiger partial charge in [0.2, 0.25) is 5.82 Å². The molecule has 1 heterocycles. The predicted octanol–water partition coefficient (Wildman–Crippen LogP) is 2.76. The molecule has 5 heteroatoms. The number of rotatable bonds is 6. The van der Waals surface area contributed by atoms with Gasteiger partial charge in [0.15, 0.2) is 0 Å². The second-order valence-corrected chi connectivity index (χ2v) is 4.48. The predicted molar refractivity (Wildman–Crippen MR) is 69.5 cm³/mol. The second-order valence-electron chi connectivity index (χ2n) is 4.48. The number of aromatic nitrogens is 3. The highest BCUT2D eigenvalue weighted by Gasteiger charge is 2.25. The molecule has 0 radical (unpaired) electrons. The lowest BCUT2D eigenvalue weighted by Gasteiger charge is -2.24. The quantitative estimate of drug-likeness (QED) is 0.731. The molecule has 102 valence electrons. The van der Waals surface area contributed by atoms with Crippen LogP contribution < -0.4 is 0 Å². The van der Waals surface area contributed by atoms with Crippen molar-refractivity contribution >= 4 is 5.97 Å². The summed E-state index contributed by atoms with van der Waals surface area (Å²) in [5.74, 6) is 1.19. The summed E-state index contributed by atoms with van der Waals surface area (Å²) >= 11 is 0. The minimum Gasteiger partial charge on any atom is -0.460 e. The van der Waals surface area contributed by atoms with Crippen molar-refractivity contribution in [1.29, 1.82) is 0 Å². The largest absolute Gasteiger partial charge is 0.460 e. The first kappa shape index (κ1) is 14.7. The average Bonchev–Trinajstić information content (AvgIpc) is 2.73. The van der Waals surface area contributed by atoms with Gasteiger partial charge in [-0.3, -0.25) is 0 Å². The van der Waals surface area contributed by atoms with Crippen LogP contribution >= 0.6 is 0 Å². The number of carbonyl (C=O) groups excluding carboxylic acids is 1. The van der Waals surface area contributed by atoms with E-state index in [1.54, 1.807) is 6.92 Å². The molecule has 0 amide bonds. The van der Waals surface area contributed by atoms with Crippen LogP contribution in [0.25, 0.3) is 0 Å². The summed E-state index contributed by atoms with van der Waals surface area (Å²) in [4.78, 5) is 11.8. The number of nitrogens with zero attached hydrogens (tertiary/aromatic N) is 3. The lowest BCUT2D eigenvalue weighted by Crippen LogP contribution is -2.22. The van der Waals surface area contributed by atoms with Gasteiger partial charge in [0.25, 0.3) is 0 Å². The van der Waals surface area contributed by atoms with Gasteiger partial charge in [0.05, 0.1) is 6.61 Å². The zero-order valence-electron chi connectivity index (χ0n) is 11.9. The van der Waals surface area contributed by atoms with Gasteiger partial charge in [-0.2, -0.15) is 0 Å². The highest BCUT2D eigenvalue weighted by atomic mass is 16.5. The smallest absolute Gasteiger partial charge is 0.376 e. The third-order valence-electron chi connectivity index (χ3n) is 3.46. The van der Waals surface area contributed by atoms with E-state index < -0.39 is 5.97 Å². The summed E-state index contributed by atoms with van der Waals surface area (Å²) in [6.07, 6.45) is 2.13. The Morgan fingerprint density at radius 2 is 1.89 bits per heavy atom. The summed E-state index contributed by atoms with van der Waals surface area (Å²) in [7, 11) is 0. The van der Waals surface area contributed by atoms with Crippen molar-refractivity contribution in [2.24, 2.45) is 5.92 Å². The van der Waals surface area contributed by atoms with Crippen LogP contribution in [0.4, 0.5) is 0 Å². The van der Waals surface area contributed by atoms with Crippen molar-refractivity contribution in [3.05, 3.63) is 11.6 Å². The highest BCUT2D eigenvalue weighted by Crippen LogP contribution is 2.26. The summed E-state index contributed by atoms with van der Waals surface area (Å²) in [6, 6.07) is 0.203. The van der Waals surface area contributed by atoms with Crippen molar-refractivity contribution in [1.82, 2.24) is 14.8 Å². The first-order chi connectivity index (χ1) is 8.56. The van der Waals surface area contributed by atoms with Crippen molar-refractivity contribution in [2.75, 3.05) is 6.61 Å². The molecule has 0 fully saturated rings. The number of carbonyl (C=O) groups is 1. The van der Waals surface area contributed by atoms with Crippen LogP contribution in [0.15, 0.2) is 0 Å². The fourth-order valence-electron chi connectivity index (χ4n) is 2.37. The topological polar surface area (TPSA) is 57.0 Å². The van der Waals surface area contributed by atoms with Crippen molar-refractivity contribution < 1.29 is 9.53 Å². The van der Waals surface area contributed by atoms with Crippen LogP contribution in [0.3, 0.4) is 0 Å². The third-order valence-corrected chi connectivity index (χ3v) is 3.46. The van der Waals surface area contributed by atoms with Crippen LogP contribution in [-0.2, 0) is 4.74 Å². The van der Waals surface area contributed by atoms with Crippen molar-refractivity contribution in [3.63, 3.8) is 0 Å². The van der Waals surface area contributed by atoms with Crippen molar-refractivity contribution in [2.45, 2.75) is 53.5 Å². The molecule has 1 rings (SSSR count). The summed E-state index contributed by atoms with van der Waals surface area (Å²) < 4.78 is 6.92. The Balaban J connectivity index is 3.07. The maximum Gasteiger partial charge on any atom is 0.376 e. The molecule has 5 nitrogen and oxygen atoms in total. The van der Waals surface area contributed by atoms with Crippen LogP contribution in [-0.4, -0.2) is 27.3 Å². The average molecular weight is 253 g/mol. The molecule has 0 saturated carbocycles. The standard InChI is InChI=1S/C13H23N3O2/c1-6-11(7-2)9(4)16-10(5)14-15-12(16)13(17)18-8-3/h9,11H,6-8H2,1-5H3. The fraction of sp³-hybridized carbons (Fsp3) is 0.769. The van der Waals surface area contributed by atoms with E-state index in [2.05, 4.69) is 31.0 Å². The van der Waals surface area contributed by atoms with Gasteiger partial charge < -0.3 is 9.30 Å². The number of esters is 1. The van der Waals surface area contributed by atoms with Crippen LogP contribution in [0.2, 0.25) is 0 Å². The van der Waals surface area contributed by atoms with Gasteiger partial charge in [-0.05, 0) is 26.7 Å². The molecule has 0 saturated heterocycles. The maximum atomic E-state index is 11.8. The zero-order chi connectivity index (χ0) is 13.7. The minimum atomic E-state index is -0.393. The SMILES string of the molecule is CCOC(=O)c1nnc(C)n1C(C)C(CC)CC. The molecule has 0 aromatic carbocycles. The summed E-state index contributed by atoms with van der Waals surface area (Å²) in [6.45, 7) is 10.4. The van der Waals surface area contributed by atoms with Gasteiger partial charge in [-0.1, -0.05) is 26.7 Å². The molecule has 1 unspecified atom stereocenters. The lowest BCUT2D eigenvalue weighted by molar-refractivity contribution is 0.0500. The van der Waals surface area contributed by atoms with E-state index in [1.807, 2.05) is 11.5 Å². The number of ether oxygens (including phenoxy) is 1. The van der Waals surface area contributed by atoms with Crippen LogP contribution in [0.5, 0.6) is 0 Å². The van der Waals surface area contributed by atoms with E-state index in [0.29, 0.717) is 18.3 Å². The number of hydrogen-bond acceptors (Lipinski definition) is 4. The summed E-state index contributed by atoms with van der Waals surface area (Å²) in [5, 5.41) is 7.95. The lowest BCUT2D eigenvalue weighted by atomic mass is 9.95. The van der Waals surface area contributed by atoms with E-state index in [0.717, 1.165) is 18.7 Å². The molecule has 1 aromatic rings. The second kappa shape index (κ2) is 6.52. The van der Waals surface area contributed by atoms with Gasteiger partial charge in [-0.25, -0.2) is 4.79 Å². The summed E-state index contributed by atoms with van der Waals surface area (Å²) in [5.41, 5.74) is 0. The first-order valence-corrected chi connectivity index (χ1v) is 6.65. The monoisotopic (exact) mass is 253 g/mol. The van der Waals surface area contributed by atoms with E-state index in [1.165, 1.54) is 0 Å². The molecule has 0 aliphatic rings. The molecule has 0 spiro atoms. The van der Waals surface area contributed by atoms with Gasteiger partial charge >= 0.3 is 5.97 Å². The highest BCUT2D eigenvalue weighted by molar-refractivity contribution is 5.85. The van der Waals surface area contributed by atoms with E-state index >= 15 is 0 Å². The third kappa shape index (κ3) is 2.89. The normalized spacial score (nSPS) is 12.8. The molecule has 0 aliphatic carbocycles. The Bertz CT molecular complexity index is 397. The Hall–Kier alpha value is -1.39. The molecule has 0 bridgehead atoms. The molecule has 1 aromatic heterocycles. The Kier molecular flexibility index (Phi) is 5.31. The van der Waals surface area contributed by atoms with Gasteiger partial charge in [0, 0.05) is 6.04 Å². The first-order valence-electron chi connectivity index (χ1n) is 6.65. The maximum absolute atomic E-state index is 11.8. The fourth-order valence-corrected chi connectivity index (χ4v) is 2.37. The Morgan fingerprint density at radius 3 is 2.39 bits per heavy atom. The van der Waals surface area contributed by atoms with E-state index in [4.69, 9.17) is 4.74 Å². The minimum absolute atomic E-state index is 0.203. The zero-order valence-corrected chi connectivity index (χ0v) is 11.9. The number of aryl methyl sites for hydroxylation is 1. The van der Waals surface area contributed by atoms with Crippen LogP contribution in [0, 0.1) is 12.8 Å².